The fraction of sp³-hybridized carbons (Fsp3) is 0.500. The Morgan fingerprint density at radius 3 is 2.15 bits per heavy atom. The van der Waals surface area contributed by atoms with E-state index in [1.807, 2.05) is 31.2 Å². The van der Waals surface area contributed by atoms with Crippen LogP contribution in [0, 0.1) is 0 Å². The molecule has 4 nitrogen and oxygen atoms in total. The molecular formula is C14H24Cl2N2O2. The molecule has 0 heterocycles. The van der Waals surface area contributed by atoms with E-state index in [2.05, 4.69) is 17.8 Å². The number of hydrazine groups is 1. The highest BCUT2D eigenvalue weighted by atomic mass is 35.5. The van der Waals surface area contributed by atoms with E-state index in [-0.39, 0.29) is 24.8 Å². The van der Waals surface area contributed by atoms with E-state index >= 15 is 0 Å². The van der Waals surface area contributed by atoms with Crippen molar-refractivity contribution in [3.8, 4) is 0 Å². The van der Waals surface area contributed by atoms with Crippen LogP contribution in [0.25, 0.3) is 0 Å². The maximum absolute atomic E-state index is 11.1. The fourth-order valence-electron chi connectivity index (χ4n) is 1.67. The van der Waals surface area contributed by atoms with Crippen molar-refractivity contribution >= 4 is 30.8 Å². The van der Waals surface area contributed by atoms with Crippen LogP contribution < -0.4 is 10.9 Å². The number of benzene rings is 1. The predicted molar refractivity (Wildman–Crippen MR) is 86.9 cm³/mol. The molecule has 0 amide bonds. The molecule has 0 saturated carbocycles. The molecule has 1 rings (SSSR count). The highest BCUT2D eigenvalue weighted by molar-refractivity contribution is 5.85. The standard InChI is InChI=1S/C14H22N2O2.2ClH/c1-3-9-15-16-13(14(17)18)10-12-7-5-11(4-2)6-8-12;;/h5-8,13,15-16H,3-4,9-10H2,1-2H3,(H,17,18);2*1H. The molecule has 0 aliphatic heterocycles. The smallest absolute Gasteiger partial charge is 0.322 e. The summed E-state index contributed by atoms with van der Waals surface area (Å²) >= 11 is 0. The molecule has 0 spiro atoms. The second-order valence-electron chi connectivity index (χ2n) is 4.34. The van der Waals surface area contributed by atoms with Crippen LogP contribution in [0.1, 0.15) is 31.4 Å². The SMILES string of the molecule is CCCNNC(Cc1ccc(CC)cc1)C(=O)O.Cl.Cl. The number of hydrogen-bond donors (Lipinski definition) is 3. The Bertz CT molecular complexity index is 372. The van der Waals surface area contributed by atoms with Crippen molar-refractivity contribution < 1.29 is 9.90 Å². The summed E-state index contributed by atoms with van der Waals surface area (Å²) in [5.74, 6) is -0.835. The van der Waals surface area contributed by atoms with E-state index in [4.69, 9.17) is 5.11 Å². The first-order chi connectivity index (χ1) is 8.67. The fourth-order valence-corrected chi connectivity index (χ4v) is 1.67. The van der Waals surface area contributed by atoms with Crippen LogP contribution in [-0.4, -0.2) is 23.7 Å². The molecule has 1 aromatic rings. The Kier molecular flexibility index (Phi) is 12.9. The van der Waals surface area contributed by atoms with Crippen LogP contribution in [0.2, 0.25) is 0 Å². The second-order valence-corrected chi connectivity index (χ2v) is 4.34. The van der Waals surface area contributed by atoms with E-state index in [1.165, 1.54) is 5.56 Å². The van der Waals surface area contributed by atoms with Gasteiger partial charge in [-0.25, -0.2) is 5.43 Å². The first kappa shape index (κ1) is 21.5. The molecule has 0 radical (unpaired) electrons. The highest BCUT2D eigenvalue weighted by Gasteiger charge is 2.16. The van der Waals surface area contributed by atoms with Crippen molar-refractivity contribution in [2.45, 2.75) is 39.2 Å². The molecule has 0 saturated heterocycles. The van der Waals surface area contributed by atoms with Crippen molar-refractivity contribution in [2.24, 2.45) is 0 Å². The summed E-state index contributed by atoms with van der Waals surface area (Å²) in [5.41, 5.74) is 8.08. The monoisotopic (exact) mass is 322 g/mol. The lowest BCUT2D eigenvalue weighted by atomic mass is 10.0. The summed E-state index contributed by atoms with van der Waals surface area (Å²) in [4.78, 5) is 11.1. The first-order valence-electron chi connectivity index (χ1n) is 6.46. The minimum absolute atomic E-state index is 0. The summed E-state index contributed by atoms with van der Waals surface area (Å²) in [6, 6.07) is 7.50. The minimum atomic E-state index is -0.835. The number of halogens is 2. The van der Waals surface area contributed by atoms with E-state index in [1.54, 1.807) is 0 Å². The summed E-state index contributed by atoms with van der Waals surface area (Å²) < 4.78 is 0. The zero-order valence-electron chi connectivity index (χ0n) is 11.9. The highest BCUT2D eigenvalue weighted by Crippen LogP contribution is 2.07. The van der Waals surface area contributed by atoms with Gasteiger partial charge < -0.3 is 5.11 Å². The predicted octanol–water partition coefficient (Wildman–Crippen LogP) is 2.59. The van der Waals surface area contributed by atoms with Gasteiger partial charge >= 0.3 is 5.97 Å². The van der Waals surface area contributed by atoms with E-state index in [0.29, 0.717) is 6.42 Å². The van der Waals surface area contributed by atoms with Gasteiger partial charge in [-0.3, -0.25) is 10.2 Å². The van der Waals surface area contributed by atoms with Gasteiger partial charge in [0.15, 0.2) is 0 Å². The Hall–Kier alpha value is -0.810. The largest absolute Gasteiger partial charge is 0.480 e. The average molecular weight is 323 g/mol. The van der Waals surface area contributed by atoms with Gasteiger partial charge in [0.05, 0.1) is 0 Å². The lowest BCUT2D eigenvalue weighted by molar-refractivity contribution is -0.139. The maximum Gasteiger partial charge on any atom is 0.322 e. The molecular weight excluding hydrogens is 299 g/mol. The molecule has 0 aromatic heterocycles. The lowest BCUT2D eigenvalue weighted by Crippen LogP contribution is -2.47. The molecule has 1 unspecified atom stereocenters. The Labute approximate surface area is 133 Å². The van der Waals surface area contributed by atoms with Gasteiger partial charge in [-0.05, 0) is 30.4 Å². The second kappa shape index (κ2) is 12.0. The topological polar surface area (TPSA) is 61.4 Å². The summed E-state index contributed by atoms with van der Waals surface area (Å²) in [6.07, 6.45) is 2.44. The van der Waals surface area contributed by atoms with E-state index in [9.17, 15) is 4.79 Å². The first-order valence-corrected chi connectivity index (χ1v) is 6.46. The molecule has 1 aromatic carbocycles. The van der Waals surface area contributed by atoms with Gasteiger partial charge in [-0.2, -0.15) is 0 Å². The van der Waals surface area contributed by atoms with Gasteiger partial charge in [0, 0.05) is 6.54 Å². The Morgan fingerprint density at radius 2 is 1.70 bits per heavy atom. The van der Waals surface area contributed by atoms with Crippen molar-refractivity contribution in [2.75, 3.05) is 6.54 Å². The van der Waals surface area contributed by atoms with Crippen molar-refractivity contribution in [1.29, 1.82) is 0 Å². The third kappa shape index (κ3) is 7.70. The summed E-state index contributed by atoms with van der Waals surface area (Å²) in [6.45, 7) is 4.90. The summed E-state index contributed by atoms with van der Waals surface area (Å²) in [7, 11) is 0. The molecule has 0 bridgehead atoms. The van der Waals surface area contributed by atoms with Crippen LogP contribution in [0.5, 0.6) is 0 Å². The van der Waals surface area contributed by atoms with Crippen LogP contribution in [0.3, 0.4) is 0 Å². The van der Waals surface area contributed by atoms with Gasteiger partial charge in [0.2, 0.25) is 0 Å². The number of carboxylic acid groups (broad SMARTS) is 1. The number of rotatable bonds is 8. The number of aryl methyl sites for hydroxylation is 1. The van der Waals surface area contributed by atoms with Crippen molar-refractivity contribution in [3.05, 3.63) is 35.4 Å². The number of carbonyl (C=O) groups is 1. The molecule has 20 heavy (non-hydrogen) atoms. The molecule has 6 heteroatoms. The molecule has 116 valence electrons. The number of aliphatic carboxylic acids is 1. The van der Waals surface area contributed by atoms with Crippen LogP contribution in [-0.2, 0) is 17.6 Å². The Balaban J connectivity index is 0. The van der Waals surface area contributed by atoms with Gasteiger partial charge in [-0.1, -0.05) is 38.1 Å². The number of nitrogens with one attached hydrogen (secondary N) is 2. The van der Waals surface area contributed by atoms with Crippen LogP contribution in [0.4, 0.5) is 0 Å². The summed E-state index contributed by atoms with van der Waals surface area (Å²) in [5, 5.41) is 9.13. The number of carboxylic acids is 1. The van der Waals surface area contributed by atoms with Crippen LogP contribution >= 0.6 is 24.8 Å². The molecule has 3 N–H and O–H groups in total. The zero-order chi connectivity index (χ0) is 13.4. The quantitative estimate of drug-likeness (QED) is 0.508. The minimum Gasteiger partial charge on any atom is -0.480 e. The molecule has 0 fully saturated rings. The van der Waals surface area contributed by atoms with E-state index < -0.39 is 12.0 Å². The maximum atomic E-state index is 11.1. The molecule has 0 aliphatic rings. The van der Waals surface area contributed by atoms with Gasteiger partial charge in [0.1, 0.15) is 6.04 Å². The van der Waals surface area contributed by atoms with Gasteiger partial charge in [0.25, 0.3) is 0 Å². The molecule has 0 aliphatic carbocycles. The lowest BCUT2D eigenvalue weighted by Gasteiger charge is -2.15. The van der Waals surface area contributed by atoms with Gasteiger partial charge in [-0.15, -0.1) is 24.8 Å². The number of hydrogen-bond acceptors (Lipinski definition) is 3. The van der Waals surface area contributed by atoms with E-state index in [0.717, 1.165) is 24.9 Å². The average Bonchev–Trinajstić information content (AvgIpc) is 2.38. The third-order valence-corrected chi connectivity index (χ3v) is 2.82. The zero-order valence-corrected chi connectivity index (χ0v) is 13.5. The Morgan fingerprint density at radius 1 is 1.15 bits per heavy atom. The normalized spacial score (nSPS) is 11.1. The van der Waals surface area contributed by atoms with Crippen molar-refractivity contribution in [3.63, 3.8) is 0 Å². The van der Waals surface area contributed by atoms with Crippen molar-refractivity contribution in [1.82, 2.24) is 10.9 Å². The molecule has 1 atom stereocenters. The third-order valence-electron chi connectivity index (χ3n) is 2.82. The van der Waals surface area contributed by atoms with Crippen LogP contribution in [0.15, 0.2) is 24.3 Å².